The molecule has 2 amide bonds. The van der Waals surface area contributed by atoms with Crippen LogP contribution in [0.2, 0.25) is 10.0 Å². The molecule has 1 aromatic carbocycles. The molecular formula is C15H14Cl2FN3O2S. The van der Waals surface area contributed by atoms with Crippen LogP contribution in [0.15, 0.2) is 23.6 Å². The summed E-state index contributed by atoms with van der Waals surface area (Å²) in [5.74, 6) is -1.56. The van der Waals surface area contributed by atoms with Gasteiger partial charge in [0.25, 0.3) is 5.91 Å². The molecule has 9 heteroatoms. The van der Waals surface area contributed by atoms with Gasteiger partial charge in [0.05, 0.1) is 17.1 Å². The van der Waals surface area contributed by atoms with E-state index < -0.39 is 11.7 Å². The van der Waals surface area contributed by atoms with Gasteiger partial charge in [0.15, 0.2) is 0 Å². The average molecular weight is 390 g/mol. The molecule has 0 aliphatic heterocycles. The second-order valence-electron chi connectivity index (χ2n) is 4.97. The third-order valence-corrected chi connectivity index (χ3v) is 4.71. The summed E-state index contributed by atoms with van der Waals surface area (Å²) in [7, 11) is 0. The minimum Gasteiger partial charge on any atom is -0.366 e. The molecule has 0 unspecified atom stereocenters. The highest BCUT2D eigenvalue weighted by Crippen LogP contribution is 2.28. The second kappa shape index (κ2) is 7.94. The van der Waals surface area contributed by atoms with Crippen molar-refractivity contribution in [2.24, 2.45) is 5.73 Å². The minimum absolute atomic E-state index is 0.0577. The van der Waals surface area contributed by atoms with Gasteiger partial charge in [0, 0.05) is 11.1 Å². The number of halogens is 3. The van der Waals surface area contributed by atoms with Crippen molar-refractivity contribution in [1.82, 2.24) is 5.32 Å². The molecule has 0 radical (unpaired) electrons. The van der Waals surface area contributed by atoms with Gasteiger partial charge >= 0.3 is 0 Å². The van der Waals surface area contributed by atoms with Gasteiger partial charge in [-0.15, -0.1) is 11.3 Å². The maximum Gasteiger partial charge on any atom is 0.251 e. The first-order chi connectivity index (χ1) is 11.3. The largest absolute Gasteiger partial charge is 0.366 e. The Bertz CT molecular complexity index is 782. The Morgan fingerprint density at radius 2 is 2.04 bits per heavy atom. The molecule has 128 valence electrons. The molecule has 1 aromatic heterocycles. The van der Waals surface area contributed by atoms with E-state index in [9.17, 15) is 14.0 Å². The molecule has 0 fully saturated rings. The fourth-order valence-electron chi connectivity index (χ4n) is 2.00. The first kappa shape index (κ1) is 18.7. The SMILES string of the molecule is C[C@@H](NCC(=O)Nc1sccc1C(N)=O)c1cc(F)c(Cl)cc1Cl. The van der Waals surface area contributed by atoms with E-state index in [4.69, 9.17) is 28.9 Å². The highest BCUT2D eigenvalue weighted by Gasteiger charge is 2.16. The smallest absolute Gasteiger partial charge is 0.251 e. The zero-order chi connectivity index (χ0) is 17.9. The molecule has 5 nitrogen and oxygen atoms in total. The van der Waals surface area contributed by atoms with Gasteiger partial charge in [-0.3, -0.25) is 9.59 Å². The van der Waals surface area contributed by atoms with Crippen LogP contribution >= 0.6 is 34.5 Å². The third-order valence-electron chi connectivity index (χ3n) is 3.26. The van der Waals surface area contributed by atoms with E-state index in [-0.39, 0.29) is 29.1 Å². The summed E-state index contributed by atoms with van der Waals surface area (Å²) < 4.78 is 13.6. The quantitative estimate of drug-likeness (QED) is 0.660. The highest BCUT2D eigenvalue weighted by atomic mass is 35.5. The first-order valence-electron chi connectivity index (χ1n) is 6.84. The van der Waals surface area contributed by atoms with Crippen LogP contribution in [0.1, 0.15) is 28.9 Å². The van der Waals surface area contributed by atoms with Crippen LogP contribution in [-0.2, 0) is 4.79 Å². The van der Waals surface area contributed by atoms with Crippen LogP contribution in [0, 0.1) is 5.82 Å². The number of hydrogen-bond donors (Lipinski definition) is 3. The molecular weight excluding hydrogens is 376 g/mol. The highest BCUT2D eigenvalue weighted by molar-refractivity contribution is 7.14. The number of carbonyl (C=O) groups excluding carboxylic acids is 2. The first-order valence-corrected chi connectivity index (χ1v) is 8.48. The third kappa shape index (κ3) is 4.45. The summed E-state index contributed by atoms with van der Waals surface area (Å²) in [5.41, 5.74) is 5.96. The summed E-state index contributed by atoms with van der Waals surface area (Å²) in [6.45, 7) is 1.68. The zero-order valence-corrected chi connectivity index (χ0v) is 14.9. The Morgan fingerprint density at radius 1 is 1.33 bits per heavy atom. The lowest BCUT2D eigenvalue weighted by atomic mass is 10.1. The van der Waals surface area contributed by atoms with Crippen molar-refractivity contribution >= 4 is 51.4 Å². The number of primary amides is 1. The number of hydrogen-bond acceptors (Lipinski definition) is 4. The fourth-order valence-corrected chi connectivity index (χ4v) is 3.35. The standard InChI is InChI=1S/C15H14Cl2FN3O2S/c1-7(9-4-12(18)11(17)5-10(9)16)20-6-13(22)21-15-8(14(19)23)2-3-24-15/h2-5,7,20H,6H2,1H3,(H2,19,23)(H,21,22)/t7-/m1/s1. The number of thiophene rings is 1. The van der Waals surface area contributed by atoms with E-state index in [0.29, 0.717) is 15.6 Å². The normalized spacial score (nSPS) is 12.0. The number of rotatable bonds is 6. The molecule has 0 aliphatic rings. The van der Waals surface area contributed by atoms with Gasteiger partial charge in [-0.05, 0) is 36.1 Å². The minimum atomic E-state index is -0.615. The summed E-state index contributed by atoms with van der Waals surface area (Å²) >= 11 is 12.9. The molecule has 0 bridgehead atoms. The lowest BCUT2D eigenvalue weighted by Crippen LogP contribution is -2.30. The summed E-state index contributed by atoms with van der Waals surface area (Å²) in [5, 5.41) is 7.81. The van der Waals surface area contributed by atoms with E-state index in [2.05, 4.69) is 10.6 Å². The topological polar surface area (TPSA) is 84.2 Å². The maximum absolute atomic E-state index is 13.6. The average Bonchev–Trinajstić information content (AvgIpc) is 2.96. The molecule has 1 atom stereocenters. The van der Waals surface area contributed by atoms with Crippen LogP contribution in [0.4, 0.5) is 9.39 Å². The summed E-state index contributed by atoms with van der Waals surface area (Å²) in [6.07, 6.45) is 0. The van der Waals surface area contributed by atoms with Crippen LogP contribution in [-0.4, -0.2) is 18.4 Å². The van der Waals surface area contributed by atoms with Crippen LogP contribution in [0.5, 0.6) is 0 Å². The summed E-state index contributed by atoms with van der Waals surface area (Å²) in [6, 6.07) is 3.70. The number of nitrogens with two attached hydrogens (primary N) is 1. The number of nitrogens with one attached hydrogen (secondary N) is 2. The van der Waals surface area contributed by atoms with E-state index >= 15 is 0 Å². The zero-order valence-electron chi connectivity index (χ0n) is 12.5. The van der Waals surface area contributed by atoms with E-state index in [1.807, 2.05) is 0 Å². The Balaban J connectivity index is 1.97. The molecule has 4 N–H and O–H groups in total. The number of carbonyl (C=O) groups is 2. The summed E-state index contributed by atoms with van der Waals surface area (Å²) in [4.78, 5) is 23.2. The van der Waals surface area contributed by atoms with Crippen LogP contribution in [0.3, 0.4) is 0 Å². The fraction of sp³-hybridized carbons (Fsp3) is 0.200. The maximum atomic E-state index is 13.6. The van der Waals surface area contributed by atoms with Gasteiger partial charge in [0.2, 0.25) is 5.91 Å². The van der Waals surface area contributed by atoms with Gasteiger partial charge in [0.1, 0.15) is 10.8 Å². The van der Waals surface area contributed by atoms with E-state index in [0.717, 1.165) is 0 Å². The van der Waals surface area contributed by atoms with Gasteiger partial charge in [-0.25, -0.2) is 4.39 Å². The second-order valence-corrected chi connectivity index (χ2v) is 6.70. The van der Waals surface area contributed by atoms with Crippen molar-refractivity contribution in [3.8, 4) is 0 Å². The van der Waals surface area contributed by atoms with Crippen molar-refractivity contribution in [3.63, 3.8) is 0 Å². The predicted octanol–water partition coefficient (Wildman–Crippen LogP) is 3.58. The van der Waals surface area contributed by atoms with Gasteiger partial charge in [-0.2, -0.15) is 0 Å². The number of anilines is 1. The van der Waals surface area contributed by atoms with Crippen molar-refractivity contribution in [3.05, 3.63) is 50.6 Å². The van der Waals surface area contributed by atoms with Crippen LogP contribution < -0.4 is 16.4 Å². The van der Waals surface area contributed by atoms with Crippen molar-refractivity contribution < 1.29 is 14.0 Å². The Labute approximate surface area is 151 Å². The molecule has 2 rings (SSSR count). The van der Waals surface area contributed by atoms with Crippen LogP contribution in [0.25, 0.3) is 0 Å². The monoisotopic (exact) mass is 389 g/mol. The molecule has 1 heterocycles. The molecule has 0 spiro atoms. The van der Waals surface area contributed by atoms with E-state index in [1.54, 1.807) is 12.3 Å². The Kier molecular flexibility index (Phi) is 6.17. The number of amides is 2. The van der Waals surface area contributed by atoms with Gasteiger partial charge in [-0.1, -0.05) is 23.2 Å². The predicted molar refractivity (Wildman–Crippen MR) is 94.3 cm³/mol. The molecule has 0 aliphatic carbocycles. The Morgan fingerprint density at radius 3 is 2.71 bits per heavy atom. The molecule has 0 saturated carbocycles. The molecule has 0 saturated heterocycles. The van der Waals surface area contributed by atoms with Crippen molar-refractivity contribution in [2.75, 3.05) is 11.9 Å². The van der Waals surface area contributed by atoms with Crippen molar-refractivity contribution in [1.29, 1.82) is 0 Å². The lowest BCUT2D eigenvalue weighted by molar-refractivity contribution is -0.115. The van der Waals surface area contributed by atoms with Crippen molar-refractivity contribution in [2.45, 2.75) is 13.0 Å². The Hall–Kier alpha value is -1.67. The lowest BCUT2D eigenvalue weighted by Gasteiger charge is -2.16. The van der Waals surface area contributed by atoms with E-state index in [1.165, 1.54) is 29.5 Å². The van der Waals surface area contributed by atoms with Gasteiger partial charge < -0.3 is 16.4 Å². The molecule has 24 heavy (non-hydrogen) atoms. The molecule has 2 aromatic rings. The number of benzene rings is 1.